The molecule has 1 amide bonds. The van der Waals surface area contributed by atoms with Crippen LogP contribution >= 0.6 is 0 Å². The third-order valence-corrected chi connectivity index (χ3v) is 4.12. The lowest BCUT2D eigenvalue weighted by atomic mass is 9.89. The quantitative estimate of drug-likeness (QED) is 0.769. The molecular formula is C15H26FNO2. The Bertz CT molecular complexity index is 313. The molecule has 4 atom stereocenters. The Labute approximate surface area is 115 Å². The second-order valence-corrected chi connectivity index (χ2v) is 6.21. The first kappa shape index (κ1) is 14.8. The Balaban J connectivity index is 1.87. The highest BCUT2D eigenvalue weighted by molar-refractivity contribution is 5.77. The molecule has 2 rings (SSSR count). The number of carbonyl (C=O) groups excluding carboxylic acids is 1. The summed E-state index contributed by atoms with van der Waals surface area (Å²) in [5.74, 6) is 0.528. The summed E-state index contributed by atoms with van der Waals surface area (Å²) in [7, 11) is 0. The summed E-state index contributed by atoms with van der Waals surface area (Å²) in [6.07, 6.45) is 3.55. The molecule has 3 nitrogen and oxygen atoms in total. The van der Waals surface area contributed by atoms with E-state index in [1.807, 2.05) is 6.92 Å². The number of nitrogens with zero attached hydrogens (tertiary/aromatic N) is 1. The van der Waals surface area contributed by atoms with Crippen LogP contribution < -0.4 is 0 Å². The molecule has 1 heterocycles. The molecule has 4 heteroatoms. The molecule has 0 aromatic carbocycles. The maximum absolute atomic E-state index is 13.2. The summed E-state index contributed by atoms with van der Waals surface area (Å²) < 4.78 is 18.9. The zero-order chi connectivity index (χ0) is 14.0. The highest BCUT2D eigenvalue weighted by Crippen LogP contribution is 2.34. The summed E-state index contributed by atoms with van der Waals surface area (Å²) in [4.78, 5) is 14.1. The van der Waals surface area contributed by atoms with Gasteiger partial charge in [-0.05, 0) is 39.0 Å². The summed E-state index contributed by atoms with van der Waals surface area (Å²) >= 11 is 0. The van der Waals surface area contributed by atoms with Crippen LogP contribution in [0.3, 0.4) is 0 Å². The van der Waals surface area contributed by atoms with Crippen LogP contribution in [0.5, 0.6) is 0 Å². The lowest BCUT2D eigenvalue weighted by Crippen LogP contribution is -2.38. The molecule has 1 aliphatic carbocycles. The van der Waals surface area contributed by atoms with Crippen molar-refractivity contribution < 1.29 is 13.9 Å². The van der Waals surface area contributed by atoms with Crippen LogP contribution in [0, 0.1) is 5.92 Å². The Morgan fingerprint density at radius 1 is 1.26 bits per heavy atom. The summed E-state index contributed by atoms with van der Waals surface area (Å²) in [6, 6.07) is -0.137. The van der Waals surface area contributed by atoms with Crippen LogP contribution in [-0.4, -0.2) is 41.8 Å². The predicted molar refractivity (Wildman–Crippen MR) is 72.7 cm³/mol. The number of hydrogen-bond acceptors (Lipinski definition) is 2. The minimum Gasteiger partial charge on any atom is -0.376 e. The molecule has 4 unspecified atom stereocenters. The molecule has 1 aliphatic heterocycles. The van der Waals surface area contributed by atoms with Gasteiger partial charge in [-0.15, -0.1) is 0 Å². The maximum Gasteiger partial charge on any atom is 0.223 e. The first-order valence-corrected chi connectivity index (χ1v) is 7.60. The van der Waals surface area contributed by atoms with Gasteiger partial charge >= 0.3 is 0 Å². The molecule has 19 heavy (non-hydrogen) atoms. The SMILES string of the molecule is CCCN(C(=O)CC1CC(C)OC(C)C1)C1CC1F. The molecule has 0 aromatic heterocycles. The Morgan fingerprint density at radius 2 is 1.84 bits per heavy atom. The Kier molecular flexibility index (Phi) is 4.82. The van der Waals surface area contributed by atoms with Crippen molar-refractivity contribution in [2.45, 2.75) is 77.3 Å². The van der Waals surface area contributed by atoms with Crippen molar-refractivity contribution in [3.05, 3.63) is 0 Å². The Hall–Kier alpha value is -0.640. The molecule has 0 radical (unpaired) electrons. The van der Waals surface area contributed by atoms with Gasteiger partial charge in [-0.25, -0.2) is 4.39 Å². The fraction of sp³-hybridized carbons (Fsp3) is 0.933. The van der Waals surface area contributed by atoms with Gasteiger partial charge in [0.15, 0.2) is 0 Å². The first-order valence-electron chi connectivity index (χ1n) is 7.60. The van der Waals surface area contributed by atoms with Gasteiger partial charge in [0.1, 0.15) is 6.17 Å². The van der Waals surface area contributed by atoms with Crippen LogP contribution in [-0.2, 0) is 9.53 Å². The van der Waals surface area contributed by atoms with Crippen molar-refractivity contribution >= 4 is 5.91 Å². The average molecular weight is 271 g/mol. The van der Waals surface area contributed by atoms with Crippen molar-refractivity contribution in [1.29, 1.82) is 0 Å². The van der Waals surface area contributed by atoms with E-state index in [4.69, 9.17) is 4.74 Å². The highest BCUT2D eigenvalue weighted by Gasteiger charge is 2.44. The minimum atomic E-state index is -0.789. The van der Waals surface area contributed by atoms with Crippen LogP contribution in [0.25, 0.3) is 0 Å². The van der Waals surface area contributed by atoms with Gasteiger partial charge in [-0.3, -0.25) is 4.79 Å². The second kappa shape index (κ2) is 6.21. The van der Waals surface area contributed by atoms with E-state index in [1.165, 1.54) is 0 Å². The standard InChI is InChI=1S/C15H26FNO2/c1-4-5-17(14-9-13(14)16)15(18)8-12-6-10(2)19-11(3)7-12/h10-14H,4-9H2,1-3H3. The van der Waals surface area contributed by atoms with Crippen molar-refractivity contribution in [2.24, 2.45) is 5.92 Å². The lowest BCUT2D eigenvalue weighted by Gasteiger charge is -2.33. The molecule has 0 bridgehead atoms. The fourth-order valence-electron chi connectivity index (χ4n) is 3.26. The number of halogens is 1. The number of amides is 1. The lowest BCUT2D eigenvalue weighted by molar-refractivity contribution is -0.135. The van der Waals surface area contributed by atoms with E-state index in [0.717, 1.165) is 19.3 Å². The third-order valence-electron chi connectivity index (χ3n) is 4.12. The number of alkyl halides is 1. The van der Waals surface area contributed by atoms with E-state index in [2.05, 4.69) is 13.8 Å². The molecule has 0 N–H and O–H groups in total. The smallest absolute Gasteiger partial charge is 0.223 e. The van der Waals surface area contributed by atoms with E-state index < -0.39 is 6.17 Å². The van der Waals surface area contributed by atoms with E-state index in [1.54, 1.807) is 4.90 Å². The minimum absolute atomic E-state index is 0.137. The highest BCUT2D eigenvalue weighted by atomic mass is 19.1. The normalized spacial score (nSPS) is 38.0. The van der Waals surface area contributed by atoms with Crippen molar-refractivity contribution in [3.63, 3.8) is 0 Å². The summed E-state index contributed by atoms with van der Waals surface area (Å²) in [6.45, 7) is 6.86. The van der Waals surface area contributed by atoms with E-state index in [-0.39, 0.29) is 24.2 Å². The largest absolute Gasteiger partial charge is 0.376 e. The fourth-order valence-corrected chi connectivity index (χ4v) is 3.26. The molecule has 1 saturated carbocycles. The van der Waals surface area contributed by atoms with Crippen LogP contribution in [0.15, 0.2) is 0 Å². The van der Waals surface area contributed by atoms with Gasteiger partial charge in [-0.2, -0.15) is 0 Å². The van der Waals surface area contributed by atoms with E-state index >= 15 is 0 Å². The first-order chi connectivity index (χ1) is 9.01. The average Bonchev–Trinajstić information content (AvgIpc) is 3.01. The van der Waals surface area contributed by atoms with E-state index in [9.17, 15) is 9.18 Å². The monoisotopic (exact) mass is 271 g/mol. The number of hydrogen-bond donors (Lipinski definition) is 0. The van der Waals surface area contributed by atoms with Crippen molar-refractivity contribution in [2.75, 3.05) is 6.54 Å². The van der Waals surface area contributed by atoms with E-state index in [0.29, 0.717) is 25.3 Å². The summed E-state index contributed by atoms with van der Waals surface area (Å²) in [5.41, 5.74) is 0. The zero-order valence-corrected chi connectivity index (χ0v) is 12.3. The molecule has 110 valence electrons. The molecule has 2 fully saturated rings. The van der Waals surface area contributed by atoms with Crippen molar-refractivity contribution in [1.82, 2.24) is 4.90 Å². The van der Waals surface area contributed by atoms with Gasteiger partial charge in [0.25, 0.3) is 0 Å². The second-order valence-electron chi connectivity index (χ2n) is 6.21. The topological polar surface area (TPSA) is 29.5 Å². The van der Waals surface area contributed by atoms with Gasteiger partial charge in [-0.1, -0.05) is 6.92 Å². The molecule has 0 spiro atoms. The number of ether oxygens (including phenoxy) is 1. The van der Waals surface area contributed by atoms with Crippen molar-refractivity contribution in [3.8, 4) is 0 Å². The zero-order valence-electron chi connectivity index (χ0n) is 12.3. The summed E-state index contributed by atoms with van der Waals surface area (Å²) in [5, 5.41) is 0. The third kappa shape index (κ3) is 3.91. The van der Waals surface area contributed by atoms with Gasteiger partial charge < -0.3 is 9.64 Å². The number of rotatable bonds is 5. The maximum atomic E-state index is 13.2. The van der Waals surface area contributed by atoms with Gasteiger partial charge in [0.05, 0.1) is 18.2 Å². The Morgan fingerprint density at radius 3 is 2.32 bits per heavy atom. The molecule has 1 saturated heterocycles. The van der Waals surface area contributed by atoms with Gasteiger partial charge in [0, 0.05) is 19.4 Å². The predicted octanol–water partition coefficient (Wildman–Crippen LogP) is 2.93. The molecule has 0 aromatic rings. The van der Waals surface area contributed by atoms with Crippen LogP contribution in [0.1, 0.15) is 52.9 Å². The van der Waals surface area contributed by atoms with Crippen LogP contribution in [0.2, 0.25) is 0 Å². The molecular weight excluding hydrogens is 245 g/mol. The van der Waals surface area contributed by atoms with Gasteiger partial charge in [0.2, 0.25) is 5.91 Å². The van der Waals surface area contributed by atoms with Crippen LogP contribution in [0.4, 0.5) is 4.39 Å². The molecule has 2 aliphatic rings. The number of carbonyl (C=O) groups is 1.